The first-order valence-corrected chi connectivity index (χ1v) is 4.03. The van der Waals surface area contributed by atoms with Gasteiger partial charge in [0.05, 0.1) is 7.11 Å². The van der Waals surface area contributed by atoms with Crippen molar-refractivity contribution in [1.29, 1.82) is 0 Å². The maximum atomic E-state index is 10.7. The number of para-hydroxylation sites is 1. The third kappa shape index (κ3) is 2.60. The summed E-state index contributed by atoms with van der Waals surface area (Å²) in [6, 6.07) is 7.26. The zero-order valence-corrected chi connectivity index (χ0v) is 7.73. The van der Waals surface area contributed by atoms with E-state index in [2.05, 4.69) is 0 Å². The average Bonchev–Trinajstić information content (AvgIpc) is 2.26. The molecular weight excluding hydrogens is 182 g/mol. The van der Waals surface area contributed by atoms with Crippen molar-refractivity contribution in [3.63, 3.8) is 0 Å². The van der Waals surface area contributed by atoms with E-state index in [0.717, 1.165) is 5.56 Å². The Kier molecular flexibility index (Phi) is 3.69. The first-order valence-electron chi connectivity index (χ1n) is 4.03. The molecule has 0 aromatic heterocycles. The molecule has 0 saturated heterocycles. The second kappa shape index (κ2) is 5.04. The monoisotopic (exact) mass is 193 g/mol. The predicted octanol–water partition coefficient (Wildman–Crippen LogP) is 1.21. The lowest BCUT2D eigenvalue weighted by Crippen LogP contribution is -2.14. The normalized spacial score (nSPS) is 10.1. The molecule has 0 spiro atoms. The number of ether oxygens (including phenoxy) is 1. The molecule has 0 saturated carbocycles. The van der Waals surface area contributed by atoms with Crippen LogP contribution in [-0.2, 0) is 4.79 Å². The number of rotatable bonds is 3. The van der Waals surface area contributed by atoms with Gasteiger partial charge in [-0.05, 0) is 12.1 Å². The number of hydrogen-bond acceptors (Lipinski definition) is 3. The molecule has 0 aliphatic heterocycles. The van der Waals surface area contributed by atoms with Gasteiger partial charge >= 0.3 is 0 Å². The Labute approximate surface area is 81.8 Å². The summed E-state index contributed by atoms with van der Waals surface area (Å²) >= 11 is 0. The maximum absolute atomic E-state index is 10.7. The number of benzene rings is 1. The number of hydrogen-bond donors (Lipinski definition) is 2. The Bertz CT molecular complexity index is 347. The minimum atomic E-state index is -0.573. The molecule has 0 fully saturated rings. The van der Waals surface area contributed by atoms with Crippen LogP contribution in [0.25, 0.3) is 6.08 Å². The number of hydroxylamine groups is 1. The van der Waals surface area contributed by atoms with Gasteiger partial charge in [-0.1, -0.05) is 18.2 Å². The van der Waals surface area contributed by atoms with Crippen LogP contribution in [-0.4, -0.2) is 18.2 Å². The van der Waals surface area contributed by atoms with Crippen molar-refractivity contribution < 1.29 is 14.7 Å². The Morgan fingerprint density at radius 3 is 2.86 bits per heavy atom. The van der Waals surface area contributed by atoms with Gasteiger partial charge in [-0.15, -0.1) is 0 Å². The van der Waals surface area contributed by atoms with Gasteiger partial charge in [-0.25, -0.2) is 5.48 Å². The number of carbonyl (C=O) groups is 1. The molecular formula is C10H11NO3. The predicted molar refractivity (Wildman–Crippen MR) is 52.0 cm³/mol. The van der Waals surface area contributed by atoms with Crippen LogP contribution in [0.2, 0.25) is 0 Å². The van der Waals surface area contributed by atoms with Crippen LogP contribution in [0.4, 0.5) is 0 Å². The Balaban J connectivity index is 2.85. The molecule has 14 heavy (non-hydrogen) atoms. The van der Waals surface area contributed by atoms with Crippen molar-refractivity contribution in [2.45, 2.75) is 0 Å². The van der Waals surface area contributed by atoms with Gasteiger partial charge < -0.3 is 4.74 Å². The molecule has 1 aromatic carbocycles. The topological polar surface area (TPSA) is 58.6 Å². The molecule has 0 bridgehead atoms. The highest BCUT2D eigenvalue weighted by Crippen LogP contribution is 2.18. The Morgan fingerprint density at radius 1 is 1.50 bits per heavy atom. The first-order chi connectivity index (χ1) is 6.77. The summed E-state index contributed by atoms with van der Waals surface area (Å²) in [7, 11) is 1.55. The Morgan fingerprint density at radius 2 is 2.21 bits per heavy atom. The van der Waals surface area contributed by atoms with Crippen LogP contribution in [0.1, 0.15) is 5.56 Å². The van der Waals surface area contributed by atoms with Crippen LogP contribution >= 0.6 is 0 Å². The first kappa shape index (κ1) is 10.3. The summed E-state index contributed by atoms with van der Waals surface area (Å²) in [6.07, 6.45) is 2.78. The van der Waals surface area contributed by atoms with E-state index in [1.165, 1.54) is 11.6 Å². The summed E-state index contributed by atoms with van der Waals surface area (Å²) in [4.78, 5) is 10.7. The van der Waals surface area contributed by atoms with Gasteiger partial charge in [0.2, 0.25) is 0 Å². The molecule has 1 aromatic rings. The van der Waals surface area contributed by atoms with Crippen LogP contribution < -0.4 is 10.2 Å². The number of methoxy groups -OCH3 is 1. The van der Waals surface area contributed by atoms with Crippen molar-refractivity contribution in [1.82, 2.24) is 5.48 Å². The van der Waals surface area contributed by atoms with E-state index in [4.69, 9.17) is 9.94 Å². The summed E-state index contributed by atoms with van der Waals surface area (Å²) in [6.45, 7) is 0. The fraction of sp³-hybridized carbons (Fsp3) is 0.100. The second-order valence-electron chi connectivity index (χ2n) is 2.55. The number of amides is 1. The van der Waals surface area contributed by atoms with Crippen molar-refractivity contribution in [3.8, 4) is 5.75 Å². The summed E-state index contributed by atoms with van der Waals surface area (Å²) in [5, 5.41) is 8.26. The summed E-state index contributed by atoms with van der Waals surface area (Å²) < 4.78 is 5.07. The molecule has 0 aliphatic rings. The number of nitrogens with one attached hydrogen (secondary N) is 1. The van der Waals surface area contributed by atoms with Crippen LogP contribution in [0.5, 0.6) is 5.75 Å². The van der Waals surface area contributed by atoms with Gasteiger partial charge in [0.1, 0.15) is 5.75 Å². The molecule has 74 valence electrons. The number of carbonyl (C=O) groups excluding carboxylic acids is 1. The fourth-order valence-corrected chi connectivity index (χ4v) is 1.01. The molecule has 0 radical (unpaired) electrons. The molecule has 0 unspecified atom stereocenters. The summed E-state index contributed by atoms with van der Waals surface area (Å²) in [5.41, 5.74) is 2.28. The lowest BCUT2D eigenvalue weighted by molar-refractivity contribution is -0.124. The molecule has 2 N–H and O–H groups in total. The van der Waals surface area contributed by atoms with E-state index in [0.29, 0.717) is 5.75 Å². The van der Waals surface area contributed by atoms with E-state index < -0.39 is 5.91 Å². The van der Waals surface area contributed by atoms with Crippen molar-refractivity contribution >= 4 is 12.0 Å². The largest absolute Gasteiger partial charge is 0.496 e. The lowest BCUT2D eigenvalue weighted by Gasteiger charge is -2.02. The minimum Gasteiger partial charge on any atom is -0.496 e. The van der Waals surface area contributed by atoms with E-state index in [-0.39, 0.29) is 0 Å². The van der Waals surface area contributed by atoms with Crippen molar-refractivity contribution in [2.75, 3.05) is 7.11 Å². The van der Waals surface area contributed by atoms with Gasteiger partial charge in [0, 0.05) is 11.6 Å². The molecule has 1 rings (SSSR count). The van der Waals surface area contributed by atoms with Gasteiger partial charge in [-0.2, -0.15) is 0 Å². The van der Waals surface area contributed by atoms with Crippen LogP contribution in [0.15, 0.2) is 30.3 Å². The lowest BCUT2D eigenvalue weighted by atomic mass is 10.2. The standard InChI is InChI=1S/C10H11NO3/c1-14-9-5-3-2-4-8(9)6-7-10(12)11-13/h2-7,13H,1H3,(H,11,12)/b7-6+. The molecule has 4 heteroatoms. The molecule has 0 atom stereocenters. The quantitative estimate of drug-likeness (QED) is 0.431. The van der Waals surface area contributed by atoms with Crippen molar-refractivity contribution in [2.24, 2.45) is 0 Å². The summed E-state index contributed by atoms with van der Waals surface area (Å²) in [5.74, 6) is 0.102. The second-order valence-corrected chi connectivity index (χ2v) is 2.55. The van der Waals surface area contributed by atoms with Crippen LogP contribution in [0.3, 0.4) is 0 Å². The van der Waals surface area contributed by atoms with Gasteiger partial charge in [0.15, 0.2) is 0 Å². The fourth-order valence-electron chi connectivity index (χ4n) is 1.01. The van der Waals surface area contributed by atoms with Gasteiger partial charge in [-0.3, -0.25) is 10.0 Å². The minimum absolute atomic E-state index is 0.573. The highest BCUT2D eigenvalue weighted by molar-refractivity contribution is 5.91. The molecule has 0 aliphatic carbocycles. The molecule has 4 nitrogen and oxygen atoms in total. The highest BCUT2D eigenvalue weighted by Gasteiger charge is 1.97. The zero-order chi connectivity index (χ0) is 10.4. The van der Waals surface area contributed by atoms with E-state index >= 15 is 0 Å². The maximum Gasteiger partial charge on any atom is 0.267 e. The zero-order valence-electron chi connectivity index (χ0n) is 7.73. The Hall–Kier alpha value is -1.81. The van der Waals surface area contributed by atoms with E-state index in [9.17, 15) is 4.79 Å². The smallest absolute Gasteiger partial charge is 0.267 e. The SMILES string of the molecule is COc1ccccc1/C=C/C(=O)NO. The molecule has 1 amide bonds. The molecule has 0 heterocycles. The van der Waals surface area contributed by atoms with Crippen LogP contribution in [0, 0.1) is 0 Å². The average molecular weight is 193 g/mol. The highest BCUT2D eigenvalue weighted by atomic mass is 16.5. The third-order valence-electron chi connectivity index (χ3n) is 1.66. The van der Waals surface area contributed by atoms with Gasteiger partial charge in [0.25, 0.3) is 5.91 Å². The van der Waals surface area contributed by atoms with E-state index in [1.807, 2.05) is 12.1 Å². The van der Waals surface area contributed by atoms with Crippen molar-refractivity contribution in [3.05, 3.63) is 35.9 Å². The van der Waals surface area contributed by atoms with E-state index in [1.54, 1.807) is 25.3 Å². The third-order valence-corrected chi connectivity index (χ3v) is 1.66.